The SMILES string of the molecule is CC(C)(C)c1ccccc1NCc1ccc2cc[nH]c2c1. The topological polar surface area (TPSA) is 27.8 Å². The third-order valence-corrected chi connectivity index (χ3v) is 3.84. The largest absolute Gasteiger partial charge is 0.381 e. The first-order chi connectivity index (χ1) is 10.0. The van der Waals surface area contributed by atoms with Crippen molar-refractivity contribution in [3.05, 3.63) is 65.9 Å². The lowest BCUT2D eigenvalue weighted by Crippen LogP contribution is -2.14. The Hall–Kier alpha value is -2.22. The van der Waals surface area contributed by atoms with Gasteiger partial charge in [0.05, 0.1) is 0 Å². The molecular weight excluding hydrogens is 256 g/mol. The highest BCUT2D eigenvalue weighted by Gasteiger charge is 2.17. The fourth-order valence-corrected chi connectivity index (χ4v) is 2.69. The van der Waals surface area contributed by atoms with Crippen LogP contribution < -0.4 is 5.32 Å². The molecule has 0 atom stereocenters. The van der Waals surface area contributed by atoms with Crippen molar-refractivity contribution in [2.45, 2.75) is 32.7 Å². The van der Waals surface area contributed by atoms with E-state index in [-0.39, 0.29) is 5.41 Å². The smallest absolute Gasteiger partial charge is 0.0457 e. The highest BCUT2D eigenvalue weighted by Crippen LogP contribution is 2.29. The lowest BCUT2D eigenvalue weighted by Gasteiger charge is -2.23. The summed E-state index contributed by atoms with van der Waals surface area (Å²) in [7, 11) is 0. The quantitative estimate of drug-likeness (QED) is 0.687. The zero-order valence-corrected chi connectivity index (χ0v) is 12.9. The van der Waals surface area contributed by atoms with Gasteiger partial charge in [-0.1, -0.05) is 51.1 Å². The molecule has 0 fully saturated rings. The Morgan fingerprint density at radius 2 is 1.81 bits per heavy atom. The van der Waals surface area contributed by atoms with E-state index < -0.39 is 0 Å². The molecule has 0 aliphatic heterocycles. The molecule has 2 nitrogen and oxygen atoms in total. The first-order valence-electron chi connectivity index (χ1n) is 7.43. The van der Waals surface area contributed by atoms with E-state index in [4.69, 9.17) is 0 Å². The maximum absolute atomic E-state index is 3.58. The molecule has 0 saturated heterocycles. The third kappa shape index (κ3) is 2.94. The van der Waals surface area contributed by atoms with Crippen LogP contribution in [0.4, 0.5) is 5.69 Å². The van der Waals surface area contributed by atoms with Crippen LogP contribution in [0.3, 0.4) is 0 Å². The van der Waals surface area contributed by atoms with Crippen LogP contribution in [0.2, 0.25) is 0 Å². The number of aromatic nitrogens is 1. The van der Waals surface area contributed by atoms with Crippen molar-refractivity contribution in [2.24, 2.45) is 0 Å². The molecule has 2 aromatic carbocycles. The Labute approximate surface area is 126 Å². The fraction of sp³-hybridized carbons (Fsp3) is 0.263. The van der Waals surface area contributed by atoms with Crippen molar-refractivity contribution in [3.63, 3.8) is 0 Å². The van der Waals surface area contributed by atoms with Gasteiger partial charge in [-0.3, -0.25) is 0 Å². The van der Waals surface area contributed by atoms with Crippen LogP contribution in [0.1, 0.15) is 31.9 Å². The van der Waals surface area contributed by atoms with E-state index in [1.807, 2.05) is 6.20 Å². The van der Waals surface area contributed by atoms with Crippen molar-refractivity contribution in [1.29, 1.82) is 0 Å². The normalized spacial score (nSPS) is 11.8. The summed E-state index contributed by atoms with van der Waals surface area (Å²) < 4.78 is 0. The average molecular weight is 278 g/mol. The number of fused-ring (bicyclic) bond motifs is 1. The van der Waals surface area contributed by atoms with Crippen LogP contribution in [0.25, 0.3) is 10.9 Å². The maximum atomic E-state index is 3.58. The third-order valence-electron chi connectivity index (χ3n) is 3.84. The first kappa shape index (κ1) is 13.7. The maximum Gasteiger partial charge on any atom is 0.0457 e. The minimum Gasteiger partial charge on any atom is -0.381 e. The molecule has 0 radical (unpaired) electrons. The van der Waals surface area contributed by atoms with Crippen LogP contribution >= 0.6 is 0 Å². The summed E-state index contributed by atoms with van der Waals surface area (Å²) in [5, 5.41) is 4.84. The predicted molar refractivity (Wildman–Crippen MR) is 90.8 cm³/mol. The zero-order valence-electron chi connectivity index (χ0n) is 12.9. The van der Waals surface area contributed by atoms with Gasteiger partial charge >= 0.3 is 0 Å². The van der Waals surface area contributed by atoms with Gasteiger partial charge in [-0.25, -0.2) is 0 Å². The van der Waals surface area contributed by atoms with Crippen LogP contribution in [-0.4, -0.2) is 4.98 Å². The molecule has 0 unspecified atom stereocenters. The number of anilines is 1. The summed E-state index contributed by atoms with van der Waals surface area (Å²) in [5.41, 5.74) is 5.20. The molecular formula is C19H22N2. The van der Waals surface area contributed by atoms with Crippen molar-refractivity contribution < 1.29 is 0 Å². The van der Waals surface area contributed by atoms with E-state index in [2.05, 4.69) is 79.6 Å². The monoisotopic (exact) mass is 278 g/mol. The van der Waals surface area contributed by atoms with Gasteiger partial charge in [-0.15, -0.1) is 0 Å². The van der Waals surface area contributed by atoms with Crippen LogP contribution in [0, 0.1) is 0 Å². The molecule has 0 bridgehead atoms. The standard InChI is InChI=1S/C19H22N2/c1-19(2,3)16-6-4-5-7-17(16)21-13-14-8-9-15-10-11-20-18(15)12-14/h4-12,20-21H,13H2,1-3H3. The van der Waals surface area contributed by atoms with Crippen LogP contribution in [0.5, 0.6) is 0 Å². The van der Waals surface area contributed by atoms with E-state index in [1.54, 1.807) is 0 Å². The number of aromatic amines is 1. The highest BCUT2D eigenvalue weighted by molar-refractivity contribution is 5.79. The molecule has 108 valence electrons. The second-order valence-corrected chi connectivity index (χ2v) is 6.55. The average Bonchev–Trinajstić information content (AvgIpc) is 2.92. The number of rotatable bonds is 3. The number of benzene rings is 2. The van der Waals surface area contributed by atoms with E-state index in [1.165, 1.54) is 27.7 Å². The summed E-state index contributed by atoms with van der Waals surface area (Å²) >= 11 is 0. The Morgan fingerprint density at radius 1 is 1.00 bits per heavy atom. The van der Waals surface area contributed by atoms with E-state index in [0.717, 1.165) is 6.54 Å². The molecule has 0 spiro atoms. The second-order valence-electron chi connectivity index (χ2n) is 6.55. The van der Waals surface area contributed by atoms with Crippen molar-refractivity contribution in [1.82, 2.24) is 4.98 Å². The molecule has 1 heterocycles. The van der Waals surface area contributed by atoms with E-state index in [9.17, 15) is 0 Å². The molecule has 21 heavy (non-hydrogen) atoms. The summed E-state index contributed by atoms with van der Waals surface area (Å²) in [6.07, 6.45) is 1.98. The van der Waals surface area contributed by atoms with Crippen LogP contribution in [-0.2, 0) is 12.0 Å². The number of nitrogens with one attached hydrogen (secondary N) is 2. The van der Waals surface area contributed by atoms with Gasteiger partial charge in [0.15, 0.2) is 0 Å². The first-order valence-corrected chi connectivity index (χ1v) is 7.43. The van der Waals surface area contributed by atoms with Gasteiger partial charge in [0.25, 0.3) is 0 Å². The highest BCUT2D eigenvalue weighted by atomic mass is 14.9. The number of para-hydroxylation sites is 1. The van der Waals surface area contributed by atoms with Gasteiger partial charge in [-0.2, -0.15) is 0 Å². The van der Waals surface area contributed by atoms with E-state index in [0.29, 0.717) is 0 Å². The van der Waals surface area contributed by atoms with Gasteiger partial charge in [0.1, 0.15) is 0 Å². The molecule has 1 aromatic heterocycles. The van der Waals surface area contributed by atoms with Crippen molar-refractivity contribution in [2.75, 3.05) is 5.32 Å². The molecule has 3 rings (SSSR count). The van der Waals surface area contributed by atoms with Gasteiger partial charge in [0.2, 0.25) is 0 Å². The Kier molecular flexibility index (Phi) is 3.46. The number of hydrogen-bond acceptors (Lipinski definition) is 1. The minimum atomic E-state index is 0.146. The molecule has 2 N–H and O–H groups in total. The lowest BCUT2D eigenvalue weighted by atomic mass is 9.86. The molecule has 0 amide bonds. The Bertz CT molecular complexity index is 747. The molecule has 0 saturated carbocycles. The molecule has 0 aliphatic rings. The molecule has 0 aliphatic carbocycles. The summed E-state index contributed by atoms with van der Waals surface area (Å²) in [6.45, 7) is 7.58. The van der Waals surface area contributed by atoms with Crippen molar-refractivity contribution in [3.8, 4) is 0 Å². The van der Waals surface area contributed by atoms with Gasteiger partial charge in [-0.05, 0) is 40.1 Å². The number of H-pyrrole nitrogens is 1. The minimum absolute atomic E-state index is 0.146. The van der Waals surface area contributed by atoms with Crippen LogP contribution in [0.15, 0.2) is 54.7 Å². The second kappa shape index (κ2) is 5.28. The Morgan fingerprint density at radius 3 is 2.62 bits per heavy atom. The van der Waals surface area contributed by atoms with Gasteiger partial charge in [0, 0.05) is 23.9 Å². The van der Waals surface area contributed by atoms with Gasteiger partial charge < -0.3 is 10.3 Å². The Balaban J connectivity index is 1.81. The fourth-order valence-electron chi connectivity index (χ4n) is 2.69. The van der Waals surface area contributed by atoms with Crippen molar-refractivity contribution >= 4 is 16.6 Å². The predicted octanol–water partition coefficient (Wildman–Crippen LogP) is 5.08. The molecule has 3 aromatic rings. The summed E-state index contributed by atoms with van der Waals surface area (Å²) in [4.78, 5) is 3.27. The number of hydrogen-bond donors (Lipinski definition) is 2. The molecule has 2 heteroatoms. The summed E-state index contributed by atoms with van der Waals surface area (Å²) in [6, 6.07) is 17.2. The lowest BCUT2D eigenvalue weighted by molar-refractivity contribution is 0.591. The summed E-state index contributed by atoms with van der Waals surface area (Å²) in [5.74, 6) is 0. The zero-order chi connectivity index (χ0) is 14.9. The van der Waals surface area contributed by atoms with E-state index >= 15 is 0 Å².